The molecule has 0 radical (unpaired) electrons. The fourth-order valence-corrected chi connectivity index (χ4v) is 1.34. The fraction of sp³-hybridized carbons (Fsp3) is 0.846. The number of carbonyl (C=O) groups excluding carboxylic acids is 2. The summed E-state index contributed by atoms with van der Waals surface area (Å²) in [5.41, 5.74) is 0. The van der Waals surface area contributed by atoms with Gasteiger partial charge in [-0.25, -0.2) is 0 Å². The quantitative estimate of drug-likeness (QED) is 0.259. The minimum absolute atomic E-state index is 0.177. The zero-order valence-electron chi connectivity index (χ0n) is 11.9. The summed E-state index contributed by atoms with van der Waals surface area (Å²) >= 11 is 0. The summed E-state index contributed by atoms with van der Waals surface area (Å²) in [6.07, 6.45) is -0.0421. The summed E-state index contributed by atoms with van der Waals surface area (Å²) < 4.78 is 9.42. The Bertz CT molecular complexity index is 266. The second-order valence-electron chi connectivity index (χ2n) is 4.60. The molecule has 0 heterocycles. The molecule has 8 heteroatoms. The van der Waals surface area contributed by atoms with Crippen molar-refractivity contribution in [1.82, 2.24) is 0 Å². The molecular formula is C13H24O8. The van der Waals surface area contributed by atoms with Gasteiger partial charge in [-0.1, -0.05) is 6.42 Å². The molecule has 0 saturated carbocycles. The lowest BCUT2D eigenvalue weighted by Gasteiger charge is -2.09. The average molecular weight is 308 g/mol. The Kier molecular flexibility index (Phi) is 11.8. The van der Waals surface area contributed by atoms with Gasteiger partial charge in [0.25, 0.3) is 0 Å². The molecule has 4 N–H and O–H groups in total. The van der Waals surface area contributed by atoms with E-state index in [9.17, 15) is 9.59 Å². The van der Waals surface area contributed by atoms with Gasteiger partial charge in [0.15, 0.2) is 0 Å². The van der Waals surface area contributed by atoms with Crippen LogP contribution in [0.3, 0.4) is 0 Å². The molecule has 2 unspecified atom stereocenters. The van der Waals surface area contributed by atoms with Gasteiger partial charge in [0, 0.05) is 12.8 Å². The third-order valence-electron chi connectivity index (χ3n) is 2.56. The van der Waals surface area contributed by atoms with Crippen LogP contribution in [0.4, 0.5) is 0 Å². The maximum Gasteiger partial charge on any atom is 0.305 e. The number of rotatable bonds is 12. The summed E-state index contributed by atoms with van der Waals surface area (Å²) in [6, 6.07) is 0. The third kappa shape index (κ3) is 12.2. The van der Waals surface area contributed by atoms with E-state index in [0.29, 0.717) is 19.3 Å². The van der Waals surface area contributed by atoms with Crippen molar-refractivity contribution in [3.05, 3.63) is 0 Å². The third-order valence-corrected chi connectivity index (χ3v) is 2.56. The summed E-state index contributed by atoms with van der Waals surface area (Å²) in [5.74, 6) is -0.924. The summed E-state index contributed by atoms with van der Waals surface area (Å²) in [7, 11) is 0. The highest BCUT2D eigenvalue weighted by molar-refractivity contribution is 5.69. The molecule has 0 saturated heterocycles. The molecule has 0 fully saturated rings. The van der Waals surface area contributed by atoms with Gasteiger partial charge in [0.05, 0.1) is 13.2 Å². The van der Waals surface area contributed by atoms with Crippen molar-refractivity contribution in [3.8, 4) is 0 Å². The molecule has 0 aromatic heterocycles. The predicted molar refractivity (Wildman–Crippen MR) is 71.2 cm³/mol. The number of aliphatic hydroxyl groups is 4. The van der Waals surface area contributed by atoms with Crippen molar-refractivity contribution < 1.29 is 39.5 Å². The topological polar surface area (TPSA) is 134 Å². The second kappa shape index (κ2) is 12.5. The normalized spacial score (nSPS) is 13.5. The average Bonchev–Trinajstić information content (AvgIpc) is 2.49. The Morgan fingerprint density at radius 2 is 1.14 bits per heavy atom. The molecule has 0 bridgehead atoms. The van der Waals surface area contributed by atoms with Gasteiger partial charge in [0.1, 0.15) is 25.4 Å². The summed E-state index contributed by atoms with van der Waals surface area (Å²) in [6.45, 7) is -1.37. The first-order valence-corrected chi connectivity index (χ1v) is 6.88. The minimum atomic E-state index is -1.06. The molecule has 2 atom stereocenters. The summed E-state index contributed by atoms with van der Waals surface area (Å²) in [4.78, 5) is 22.4. The lowest BCUT2D eigenvalue weighted by molar-refractivity contribution is -0.147. The number of aliphatic hydroxyl groups excluding tert-OH is 4. The molecule has 8 nitrogen and oxygen atoms in total. The van der Waals surface area contributed by atoms with Crippen LogP contribution in [0.15, 0.2) is 0 Å². The van der Waals surface area contributed by atoms with Gasteiger partial charge in [-0.3, -0.25) is 9.59 Å². The van der Waals surface area contributed by atoms with Gasteiger partial charge < -0.3 is 29.9 Å². The van der Waals surface area contributed by atoms with Crippen LogP contribution in [-0.2, 0) is 19.1 Å². The molecule has 0 amide bonds. The van der Waals surface area contributed by atoms with Gasteiger partial charge in [0.2, 0.25) is 0 Å². The number of hydrogen-bond acceptors (Lipinski definition) is 8. The van der Waals surface area contributed by atoms with Crippen LogP contribution in [-0.4, -0.2) is 71.0 Å². The lowest BCUT2D eigenvalue weighted by atomic mass is 10.1. The van der Waals surface area contributed by atoms with Crippen LogP contribution in [0.1, 0.15) is 32.1 Å². The maximum absolute atomic E-state index is 11.2. The molecule has 0 aliphatic rings. The monoisotopic (exact) mass is 308 g/mol. The van der Waals surface area contributed by atoms with Gasteiger partial charge in [-0.2, -0.15) is 0 Å². The lowest BCUT2D eigenvalue weighted by Crippen LogP contribution is -2.22. The Labute approximate surface area is 123 Å². The molecule has 21 heavy (non-hydrogen) atoms. The van der Waals surface area contributed by atoms with Crippen molar-refractivity contribution >= 4 is 11.9 Å². The molecule has 0 aliphatic carbocycles. The van der Waals surface area contributed by atoms with Crippen LogP contribution in [0.2, 0.25) is 0 Å². The predicted octanol–water partition coefficient (Wildman–Crippen LogP) is -1.27. The van der Waals surface area contributed by atoms with Crippen LogP contribution in [0.5, 0.6) is 0 Å². The van der Waals surface area contributed by atoms with E-state index in [1.54, 1.807) is 0 Å². The van der Waals surface area contributed by atoms with Gasteiger partial charge in [-0.15, -0.1) is 0 Å². The number of unbranched alkanes of at least 4 members (excludes halogenated alkanes) is 2. The van der Waals surface area contributed by atoms with E-state index in [1.807, 2.05) is 0 Å². The van der Waals surface area contributed by atoms with Crippen molar-refractivity contribution in [2.75, 3.05) is 26.4 Å². The highest BCUT2D eigenvalue weighted by atomic mass is 16.5. The minimum Gasteiger partial charge on any atom is -0.463 e. The van der Waals surface area contributed by atoms with Crippen LogP contribution < -0.4 is 0 Å². The Balaban J connectivity index is 3.46. The second-order valence-corrected chi connectivity index (χ2v) is 4.60. The van der Waals surface area contributed by atoms with Crippen molar-refractivity contribution in [2.24, 2.45) is 0 Å². The first kappa shape index (κ1) is 19.8. The Hall–Kier alpha value is -1.22. The highest BCUT2D eigenvalue weighted by Gasteiger charge is 2.09. The largest absolute Gasteiger partial charge is 0.463 e. The first-order chi connectivity index (χ1) is 9.99. The van der Waals surface area contributed by atoms with E-state index < -0.39 is 37.4 Å². The van der Waals surface area contributed by atoms with Crippen LogP contribution in [0, 0.1) is 0 Å². The SMILES string of the molecule is O=C(CCCCCC(=O)OCC(O)CO)OCC(O)CO. The zero-order chi connectivity index (χ0) is 16.1. The molecule has 0 aromatic rings. The first-order valence-electron chi connectivity index (χ1n) is 6.88. The van der Waals surface area contributed by atoms with E-state index in [4.69, 9.17) is 29.9 Å². The van der Waals surface area contributed by atoms with Gasteiger partial charge in [-0.05, 0) is 12.8 Å². The number of hydrogen-bond donors (Lipinski definition) is 4. The Morgan fingerprint density at radius 3 is 1.48 bits per heavy atom. The number of esters is 2. The molecule has 0 aliphatic heterocycles. The number of ether oxygens (including phenoxy) is 2. The molecule has 0 spiro atoms. The van der Waals surface area contributed by atoms with Crippen molar-refractivity contribution in [3.63, 3.8) is 0 Å². The molecule has 0 rings (SSSR count). The smallest absolute Gasteiger partial charge is 0.305 e. The van der Waals surface area contributed by atoms with Crippen LogP contribution >= 0.6 is 0 Å². The fourth-order valence-electron chi connectivity index (χ4n) is 1.34. The highest BCUT2D eigenvalue weighted by Crippen LogP contribution is 2.05. The van der Waals surface area contributed by atoms with E-state index in [2.05, 4.69) is 0 Å². The van der Waals surface area contributed by atoms with Crippen molar-refractivity contribution in [1.29, 1.82) is 0 Å². The van der Waals surface area contributed by atoms with E-state index in [1.165, 1.54) is 0 Å². The van der Waals surface area contributed by atoms with E-state index in [0.717, 1.165) is 0 Å². The van der Waals surface area contributed by atoms with Crippen molar-refractivity contribution in [2.45, 2.75) is 44.3 Å². The van der Waals surface area contributed by atoms with Crippen LogP contribution in [0.25, 0.3) is 0 Å². The standard InChI is InChI=1S/C13H24O8/c14-6-10(16)8-20-12(18)4-2-1-3-5-13(19)21-9-11(17)7-15/h10-11,14-17H,1-9H2. The zero-order valence-corrected chi connectivity index (χ0v) is 11.9. The van der Waals surface area contributed by atoms with E-state index in [-0.39, 0.29) is 26.1 Å². The van der Waals surface area contributed by atoms with E-state index >= 15 is 0 Å². The maximum atomic E-state index is 11.2. The number of carbonyl (C=O) groups is 2. The Morgan fingerprint density at radius 1 is 0.762 bits per heavy atom. The summed E-state index contributed by atoms with van der Waals surface area (Å²) in [5, 5.41) is 35.0. The van der Waals surface area contributed by atoms with Gasteiger partial charge >= 0.3 is 11.9 Å². The molecule has 0 aromatic carbocycles. The molecule has 124 valence electrons. The molecular weight excluding hydrogens is 284 g/mol.